The van der Waals surface area contributed by atoms with Gasteiger partial charge in [0.15, 0.2) is 5.96 Å². The van der Waals surface area contributed by atoms with Crippen LogP contribution in [0.25, 0.3) is 0 Å². The molecule has 120 valence electrons. The average molecular weight is 415 g/mol. The number of aliphatic imine (C=N–C) groups is 1. The van der Waals surface area contributed by atoms with Gasteiger partial charge in [-0.15, -0.1) is 24.0 Å². The lowest BCUT2D eigenvalue weighted by Gasteiger charge is -2.59. The number of thioether (sulfide) groups is 1. The number of hydrogen-bond donors (Lipinski definition) is 2. The maximum Gasteiger partial charge on any atom is 0.191 e. The van der Waals surface area contributed by atoms with Crippen LogP contribution in [0.2, 0.25) is 0 Å². The summed E-state index contributed by atoms with van der Waals surface area (Å²) in [5.74, 6) is 2.08. The quantitative estimate of drug-likeness (QED) is 0.303. The Morgan fingerprint density at radius 2 is 2.05 bits per heavy atom. The first-order valence-electron chi connectivity index (χ1n) is 6.92. The normalized spacial score (nSPS) is 28.3. The second kappa shape index (κ2) is 8.68. The molecule has 20 heavy (non-hydrogen) atoms. The monoisotopic (exact) mass is 415 g/mol. The highest BCUT2D eigenvalue weighted by molar-refractivity contribution is 14.0. The highest BCUT2D eigenvalue weighted by Crippen LogP contribution is 2.51. The summed E-state index contributed by atoms with van der Waals surface area (Å²) in [6.07, 6.45) is 4.31. The van der Waals surface area contributed by atoms with Gasteiger partial charge in [0.2, 0.25) is 0 Å². The molecule has 1 rings (SSSR count). The summed E-state index contributed by atoms with van der Waals surface area (Å²) in [4.78, 5) is 4.29. The summed E-state index contributed by atoms with van der Waals surface area (Å²) >= 11 is 1.88. The van der Waals surface area contributed by atoms with Gasteiger partial charge in [-0.1, -0.05) is 13.8 Å². The smallest absolute Gasteiger partial charge is 0.191 e. The van der Waals surface area contributed by atoms with Crippen LogP contribution < -0.4 is 10.6 Å². The molecule has 0 radical (unpaired) electrons. The Hall–Kier alpha value is 0.310. The van der Waals surface area contributed by atoms with E-state index in [4.69, 9.17) is 4.74 Å². The van der Waals surface area contributed by atoms with Crippen molar-refractivity contribution in [1.82, 2.24) is 10.6 Å². The van der Waals surface area contributed by atoms with E-state index in [1.807, 2.05) is 18.8 Å². The van der Waals surface area contributed by atoms with Gasteiger partial charge in [-0.05, 0) is 31.8 Å². The molecule has 2 atom stereocenters. The van der Waals surface area contributed by atoms with E-state index in [1.54, 1.807) is 7.11 Å². The number of halogens is 1. The van der Waals surface area contributed by atoms with Crippen molar-refractivity contribution in [2.24, 2.45) is 10.4 Å². The fraction of sp³-hybridized carbons (Fsp3) is 0.929. The van der Waals surface area contributed by atoms with Crippen molar-refractivity contribution in [3.05, 3.63) is 0 Å². The van der Waals surface area contributed by atoms with Crippen LogP contribution in [0.5, 0.6) is 0 Å². The predicted molar refractivity (Wildman–Crippen MR) is 101 cm³/mol. The summed E-state index contributed by atoms with van der Waals surface area (Å²) in [5.41, 5.74) is 0.0704. The topological polar surface area (TPSA) is 45.7 Å². The van der Waals surface area contributed by atoms with E-state index in [9.17, 15) is 0 Å². The van der Waals surface area contributed by atoms with Gasteiger partial charge < -0.3 is 15.4 Å². The van der Waals surface area contributed by atoms with Crippen LogP contribution in [0.15, 0.2) is 4.99 Å². The molecule has 0 spiro atoms. The van der Waals surface area contributed by atoms with Gasteiger partial charge in [0.25, 0.3) is 0 Å². The fourth-order valence-electron chi connectivity index (χ4n) is 2.51. The van der Waals surface area contributed by atoms with Gasteiger partial charge in [-0.2, -0.15) is 11.8 Å². The predicted octanol–water partition coefficient (Wildman–Crippen LogP) is 2.73. The third kappa shape index (κ3) is 4.40. The molecule has 1 aliphatic rings. The summed E-state index contributed by atoms with van der Waals surface area (Å²) < 4.78 is 5.64. The number of nitrogens with zero attached hydrogens (tertiary/aromatic N) is 1. The van der Waals surface area contributed by atoms with Gasteiger partial charge in [0, 0.05) is 32.2 Å². The third-order valence-corrected chi connectivity index (χ3v) is 5.33. The Bertz CT molecular complexity index is 326. The van der Waals surface area contributed by atoms with Crippen molar-refractivity contribution in [2.75, 3.05) is 32.7 Å². The van der Waals surface area contributed by atoms with Crippen molar-refractivity contribution < 1.29 is 4.74 Å². The Morgan fingerprint density at radius 3 is 2.50 bits per heavy atom. The van der Waals surface area contributed by atoms with Crippen molar-refractivity contribution >= 4 is 41.7 Å². The molecule has 4 nitrogen and oxygen atoms in total. The second-order valence-electron chi connectivity index (χ2n) is 5.90. The van der Waals surface area contributed by atoms with Crippen LogP contribution in [0.1, 0.15) is 33.6 Å². The maximum atomic E-state index is 5.64. The zero-order chi connectivity index (χ0) is 14.5. The Morgan fingerprint density at radius 1 is 1.40 bits per heavy atom. The molecule has 6 heteroatoms. The van der Waals surface area contributed by atoms with Crippen LogP contribution in [0, 0.1) is 5.41 Å². The molecule has 1 saturated carbocycles. The molecule has 0 aromatic carbocycles. The summed E-state index contributed by atoms with van der Waals surface area (Å²) in [7, 11) is 3.62. The van der Waals surface area contributed by atoms with Crippen molar-refractivity contribution in [3.8, 4) is 0 Å². The van der Waals surface area contributed by atoms with Crippen LogP contribution in [0.3, 0.4) is 0 Å². The van der Waals surface area contributed by atoms with Crippen LogP contribution in [0.4, 0.5) is 0 Å². The Kier molecular flexibility index (Phi) is 8.81. The summed E-state index contributed by atoms with van der Waals surface area (Å²) in [5, 5.41) is 6.88. The maximum absolute atomic E-state index is 5.64. The van der Waals surface area contributed by atoms with E-state index in [-0.39, 0.29) is 35.0 Å². The second-order valence-corrected chi connectivity index (χ2v) is 6.89. The molecule has 0 aliphatic heterocycles. The van der Waals surface area contributed by atoms with Gasteiger partial charge in [0.05, 0.1) is 5.60 Å². The molecule has 1 fully saturated rings. The van der Waals surface area contributed by atoms with Crippen molar-refractivity contribution in [3.63, 3.8) is 0 Å². The molecule has 0 amide bonds. The fourth-order valence-corrected chi connectivity index (χ4v) is 2.94. The Balaban J connectivity index is 0.00000361. The number of nitrogens with one attached hydrogen (secondary N) is 2. The van der Waals surface area contributed by atoms with Crippen LogP contribution in [-0.4, -0.2) is 50.3 Å². The standard InChI is InChI=1S/C14H29N3OS.HI/c1-13(2)11(10-14(13,3)18-5)17-12(15-4)16-8-7-9-19-6;/h11H,7-10H2,1-6H3,(H2,15,16,17);1H. The molecule has 0 heterocycles. The first-order chi connectivity index (χ1) is 8.91. The van der Waals surface area contributed by atoms with E-state index in [0.29, 0.717) is 6.04 Å². The van der Waals surface area contributed by atoms with E-state index >= 15 is 0 Å². The number of methoxy groups -OCH3 is 1. The summed E-state index contributed by atoms with van der Waals surface area (Å²) in [6.45, 7) is 7.65. The number of rotatable bonds is 6. The lowest BCUT2D eigenvalue weighted by atomic mass is 9.56. The van der Waals surface area contributed by atoms with E-state index in [0.717, 1.165) is 25.3 Å². The molecule has 2 unspecified atom stereocenters. The highest BCUT2D eigenvalue weighted by atomic mass is 127. The van der Waals surface area contributed by atoms with Gasteiger partial charge in [-0.3, -0.25) is 4.99 Å². The molecular formula is C14H30IN3OS. The van der Waals surface area contributed by atoms with Gasteiger partial charge >= 0.3 is 0 Å². The number of ether oxygens (including phenoxy) is 1. The first-order valence-corrected chi connectivity index (χ1v) is 8.32. The lowest BCUT2D eigenvalue weighted by molar-refractivity contribution is -0.176. The average Bonchev–Trinajstić information content (AvgIpc) is 2.40. The molecule has 0 aromatic rings. The molecule has 0 aromatic heterocycles. The molecular weight excluding hydrogens is 385 g/mol. The van der Waals surface area contributed by atoms with E-state index in [1.165, 1.54) is 5.75 Å². The van der Waals surface area contributed by atoms with Gasteiger partial charge in [-0.25, -0.2) is 0 Å². The minimum absolute atomic E-state index is 0. The molecule has 1 aliphatic carbocycles. The lowest BCUT2D eigenvalue weighted by Crippen LogP contribution is -2.69. The van der Waals surface area contributed by atoms with Gasteiger partial charge in [0.1, 0.15) is 0 Å². The minimum atomic E-state index is -0.0393. The minimum Gasteiger partial charge on any atom is -0.378 e. The molecule has 0 saturated heterocycles. The third-order valence-electron chi connectivity index (χ3n) is 4.63. The number of hydrogen-bond acceptors (Lipinski definition) is 3. The highest BCUT2D eigenvalue weighted by Gasteiger charge is 2.57. The van der Waals surface area contributed by atoms with Crippen molar-refractivity contribution in [1.29, 1.82) is 0 Å². The first kappa shape index (κ1) is 20.3. The summed E-state index contributed by atoms with van der Waals surface area (Å²) in [6, 6.07) is 0.407. The molecule has 2 N–H and O–H groups in total. The van der Waals surface area contributed by atoms with E-state index < -0.39 is 0 Å². The van der Waals surface area contributed by atoms with Crippen LogP contribution >= 0.6 is 35.7 Å². The van der Waals surface area contributed by atoms with Crippen LogP contribution in [-0.2, 0) is 4.74 Å². The zero-order valence-electron chi connectivity index (χ0n) is 13.6. The molecule has 0 bridgehead atoms. The largest absolute Gasteiger partial charge is 0.378 e. The van der Waals surface area contributed by atoms with Crippen molar-refractivity contribution in [2.45, 2.75) is 45.3 Å². The Labute approximate surface area is 145 Å². The number of guanidine groups is 1. The SMILES string of the molecule is CN=C(NCCCSC)NC1CC(C)(OC)C1(C)C.I. The van der Waals surface area contributed by atoms with E-state index in [2.05, 4.69) is 42.7 Å². The zero-order valence-corrected chi connectivity index (χ0v) is 16.7.